The van der Waals surface area contributed by atoms with Crippen LogP contribution in [0.4, 0.5) is 15.9 Å². The Kier molecular flexibility index (Phi) is 4.34. The lowest BCUT2D eigenvalue weighted by atomic mass is 10.2. The molecule has 134 valence electrons. The number of anilines is 2. The van der Waals surface area contributed by atoms with Crippen LogP contribution >= 0.6 is 0 Å². The van der Waals surface area contributed by atoms with Crippen molar-refractivity contribution in [1.82, 2.24) is 9.30 Å². The van der Waals surface area contributed by atoms with Crippen molar-refractivity contribution in [2.75, 3.05) is 43.4 Å². The SMILES string of the molecule is CN1CCN(c2ccc3ccc(C(=O)Nc4ccccc4F)cn23)CC1. The lowest BCUT2D eigenvalue weighted by molar-refractivity contribution is 0.102. The highest BCUT2D eigenvalue weighted by Crippen LogP contribution is 2.22. The normalized spacial score (nSPS) is 15.4. The standard InChI is InChI=1S/C20H21FN4O/c1-23-10-12-24(13-11-23)19-9-8-16-7-6-15(14-25(16)19)20(26)22-18-5-3-2-4-17(18)21/h2-9,14H,10-13H2,1H3,(H,22,26). The summed E-state index contributed by atoms with van der Waals surface area (Å²) in [5.41, 5.74) is 1.71. The fraction of sp³-hybridized carbons (Fsp3) is 0.250. The fourth-order valence-corrected chi connectivity index (χ4v) is 3.27. The zero-order chi connectivity index (χ0) is 18.1. The molecule has 3 heterocycles. The van der Waals surface area contributed by atoms with Crippen molar-refractivity contribution >= 4 is 22.9 Å². The third-order valence-corrected chi connectivity index (χ3v) is 4.84. The summed E-state index contributed by atoms with van der Waals surface area (Å²) in [7, 11) is 2.12. The molecule has 0 unspecified atom stereocenters. The highest BCUT2D eigenvalue weighted by molar-refractivity contribution is 6.04. The van der Waals surface area contributed by atoms with E-state index in [4.69, 9.17) is 0 Å². The first-order chi connectivity index (χ1) is 12.6. The Morgan fingerprint density at radius 3 is 2.50 bits per heavy atom. The van der Waals surface area contributed by atoms with Crippen LogP contribution in [0.3, 0.4) is 0 Å². The number of carbonyl (C=O) groups is 1. The molecule has 1 aliphatic heterocycles. The number of carbonyl (C=O) groups excluding carboxylic acids is 1. The molecule has 26 heavy (non-hydrogen) atoms. The summed E-state index contributed by atoms with van der Waals surface area (Å²) in [6, 6.07) is 14.0. The van der Waals surface area contributed by atoms with Crippen LogP contribution in [0, 0.1) is 5.82 Å². The Labute approximate surface area is 151 Å². The molecular weight excluding hydrogens is 331 g/mol. The van der Waals surface area contributed by atoms with Crippen LogP contribution in [0.25, 0.3) is 5.52 Å². The highest BCUT2D eigenvalue weighted by Gasteiger charge is 2.18. The van der Waals surface area contributed by atoms with E-state index in [0.29, 0.717) is 5.56 Å². The molecule has 3 aromatic rings. The Hall–Kier alpha value is -2.86. The maximum atomic E-state index is 13.8. The zero-order valence-electron chi connectivity index (χ0n) is 14.7. The summed E-state index contributed by atoms with van der Waals surface area (Å²) in [5, 5.41) is 2.64. The molecule has 0 atom stereocenters. The second kappa shape index (κ2) is 6.80. The average Bonchev–Trinajstić information content (AvgIpc) is 3.07. The van der Waals surface area contributed by atoms with Gasteiger partial charge in [-0.15, -0.1) is 0 Å². The second-order valence-electron chi connectivity index (χ2n) is 6.63. The van der Waals surface area contributed by atoms with Gasteiger partial charge in [-0.3, -0.25) is 4.79 Å². The van der Waals surface area contributed by atoms with Gasteiger partial charge in [0.25, 0.3) is 5.91 Å². The number of likely N-dealkylation sites (N-methyl/N-ethyl adjacent to an activating group) is 1. The van der Waals surface area contributed by atoms with Gasteiger partial charge in [-0.25, -0.2) is 4.39 Å². The quantitative estimate of drug-likeness (QED) is 0.787. The summed E-state index contributed by atoms with van der Waals surface area (Å²) < 4.78 is 15.8. The molecule has 0 saturated carbocycles. The van der Waals surface area contributed by atoms with Gasteiger partial charge in [0.15, 0.2) is 0 Å². The van der Waals surface area contributed by atoms with Gasteiger partial charge in [0.1, 0.15) is 11.6 Å². The van der Waals surface area contributed by atoms with Gasteiger partial charge < -0.3 is 19.5 Å². The van der Waals surface area contributed by atoms with Gasteiger partial charge >= 0.3 is 0 Å². The molecule has 0 spiro atoms. The molecule has 4 rings (SSSR count). The molecule has 0 aliphatic carbocycles. The van der Waals surface area contributed by atoms with E-state index in [9.17, 15) is 9.18 Å². The van der Waals surface area contributed by atoms with Crippen molar-refractivity contribution in [2.45, 2.75) is 0 Å². The van der Waals surface area contributed by atoms with Crippen molar-refractivity contribution in [1.29, 1.82) is 0 Å². The third kappa shape index (κ3) is 3.15. The molecule has 6 heteroatoms. The van der Waals surface area contributed by atoms with Crippen LogP contribution in [-0.4, -0.2) is 48.4 Å². The maximum Gasteiger partial charge on any atom is 0.257 e. The molecule has 0 bridgehead atoms. The summed E-state index contributed by atoms with van der Waals surface area (Å²) in [4.78, 5) is 17.2. The van der Waals surface area contributed by atoms with Gasteiger partial charge in [0.2, 0.25) is 0 Å². The number of halogens is 1. The number of benzene rings is 1. The number of nitrogens with one attached hydrogen (secondary N) is 1. The third-order valence-electron chi connectivity index (χ3n) is 4.84. The summed E-state index contributed by atoms with van der Waals surface area (Å²) in [5.74, 6) is 0.310. The van der Waals surface area contributed by atoms with Gasteiger partial charge in [-0.05, 0) is 43.4 Å². The fourth-order valence-electron chi connectivity index (χ4n) is 3.27. The van der Waals surface area contributed by atoms with E-state index in [1.807, 2.05) is 22.7 Å². The van der Waals surface area contributed by atoms with E-state index in [2.05, 4.69) is 28.2 Å². The highest BCUT2D eigenvalue weighted by atomic mass is 19.1. The zero-order valence-corrected chi connectivity index (χ0v) is 14.7. The molecule has 5 nitrogen and oxygen atoms in total. The molecule has 1 aliphatic rings. The summed E-state index contributed by atoms with van der Waals surface area (Å²) >= 11 is 0. The topological polar surface area (TPSA) is 40.0 Å². The number of fused-ring (bicyclic) bond motifs is 1. The van der Waals surface area contributed by atoms with E-state index in [0.717, 1.165) is 37.5 Å². The molecule has 1 fully saturated rings. The number of hydrogen-bond acceptors (Lipinski definition) is 3. The van der Waals surface area contributed by atoms with E-state index in [1.54, 1.807) is 24.3 Å². The Bertz CT molecular complexity index is 944. The first-order valence-electron chi connectivity index (χ1n) is 8.72. The van der Waals surface area contributed by atoms with Gasteiger partial charge in [-0.2, -0.15) is 0 Å². The minimum Gasteiger partial charge on any atom is -0.355 e. The number of nitrogens with zero attached hydrogens (tertiary/aromatic N) is 3. The Morgan fingerprint density at radius 1 is 1.00 bits per heavy atom. The van der Waals surface area contributed by atoms with Crippen molar-refractivity contribution in [2.24, 2.45) is 0 Å². The Morgan fingerprint density at radius 2 is 1.73 bits per heavy atom. The van der Waals surface area contributed by atoms with Crippen LogP contribution < -0.4 is 10.2 Å². The first kappa shape index (κ1) is 16.6. The van der Waals surface area contributed by atoms with E-state index in [1.165, 1.54) is 6.07 Å². The smallest absolute Gasteiger partial charge is 0.257 e. The minimum atomic E-state index is -0.444. The number of aromatic nitrogens is 1. The summed E-state index contributed by atoms with van der Waals surface area (Å²) in [6.45, 7) is 3.93. The van der Waals surface area contributed by atoms with Crippen molar-refractivity contribution in [3.05, 3.63) is 66.1 Å². The van der Waals surface area contributed by atoms with Crippen molar-refractivity contribution < 1.29 is 9.18 Å². The van der Waals surface area contributed by atoms with Gasteiger partial charge in [0, 0.05) is 37.9 Å². The minimum absolute atomic E-state index is 0.185. The molecule has 2 aromatic heterocycles. The van der Waals surface area contributed by atoms with Crippen LogP contribution in [0.2, 0.25) is 0 Å². The molecule has 1 N–H and O–H groups in total. The molecule has 1 saturated heterocycles. The van der Waals surface area contributed by atoms with Gasteiger partial charge in [-0.1, -0.05) is 12.1 Å². The van der Waals surface area contributed by atoms with Crippen LogP contribution in [-0.2, 0) is 0 Å². The number of para-hydroxylation sites is 1. The van der Waals surface area contributed by atoms with Gasteiger partial charge in [0.05, 0.1) is 11.3 Å². The van der Waals surface area contributed by atoms with Crippen LogP contribution in [0.15, 0.2) is 54.7 Å². The largest absolute Gasteiger partial charge is 0.355 e. The molecule has 0 radical (unpaired) electrons. The lowest BCUT2D eigenvalue weighted by Gasteiger charge is -2.33. The predicted octanol–water partition coefficient (Wildman–Crippen LogP) is 3.08. The average molecular weight is 352 g/mol. The van der Waals surface area contributed by atoms with Crippen molar-refractivity contribution in [3.8, 4) is 0 Å². The van der Waals surface area contributed by atoms with E-state index in [-0.39, 0.29) is 11.6 Å². The van der Waals surface area contributed by atoms with Crippen LogP contribution in [0.5, 0.6) is 0 Å². The van der Waals surface area contributed by atoms with Crippen molar-refractivity contribution in [3.63, 3.8) is 0 Å². The van der Waals surface area contributed by atoms with E-state index >= 15 is 0 Å². The number of hydrogen-bond donors (Lipinski definition) is 1. The number of amides is 1. The molecule has 1 aromatic carbocycles. The van der Waals surface area contributed by atoms with Crippen LogP contribution in [0.1, 0.15) is 10.4 Å². The molecular formula is C20H21FN4O. The number of piperazine rings is 1. The van der Waals surface area contributed by atoms with E-state index < -0.39 is 5.82 Å². The number of pyridine rings is 1. The number of rotatable bonds is 3. The predicted molar refractivity (Wildman–Crippen MR) is 101 cm³/mol. The first-order valence-corrected chi connectivity index (χ1v) is 8.72. The second-order valence-corrected chi connectivity index (χ2v) is 6.63. The Balaban J connectivity index is 1.61. The lowest BCUT2D eigenvalue weighted by Crippen LogP contribution is -2.44. The molecule has 1 amide bonds. The maximum absolute atomic E-state index is 13.8. The monoisotopic (exact) mass is 352 g/mol. The summed E-state index contributed by atoms with van der Waals surface area (Å²) in [6.07, 6.45) is 1.82.